The van der Waals surface area contributed by atoms with Crippen molar-refractivity contribution in [2.45, 2.75) is 65.5 Å². The summed E-state index contributed by atoms with van der Waals surface area (Å²) in [5.41, 5.74) is 2.49. The summed E-state index contributed by atoms with van der Waals surface area (Å²) in [4.78, 5) is 44.8. The van der Waals surface area contributed by atoms with E-state index in [9.17, 15) is 19.5 Å². The predicted molar refractivity (Wildman–Crippen MR) is 157 cm³/mol. The Labute approximate surface area is 236 Å². The third-order valence-corrected chi connectivity index (χ3v) is 9.57. The molecule has 0 radical (unpaired) electrons. The lowest BCUT2D eigenvalue weighted by atomic mass is 9.53. The van der Waals surface area contributed by atoms with Gasteiger partial charge in [-0.15, -0.1) is 0 Å². The monoisotopic (exact) mass is 540 g/mol. The topological polar surface area (TPSA) is 99.3 Å². The highest BCUT2D eigenvalue weighted by Gasteiger charge is 2.66. The van der Waals surface area contributed by atoms with Crippen molar-refractivity contribution in [1.82, 2.24) is 10.3 Å². The second-order valence-corrected chi connectivity index (χ2v) is 12.0. The second kappa shape index (κ2) is 10.8. The van der Waals surface area contributed by atoms with Gasteiger partial charge in [0, 0.05) is 40.9 Å². The Hall–Kier alpha value is -3.51. The summed E-state index contributed by atoms with van der Waals surface area (Å²) in [6.07, 6.45) is 12.6. The van der Waals surface area contributed by atoms with E-state index in [0.29, 0.717) is 12.0 Å². The summed E-state index contributed by atoms with van der Waals surface area (Å²) in [7, 11) is 0. The largest absolute Gasteiger partial charge is 0.381 e. The minimum absolute atomic E-state index is 0.0124. The molecule has 0 unspecified atom stereocenters. The molecular weight excluding hydrogens is 500 g/mol. The van der Waals surface area contributed by atoms with Gasteiger partial charge in [-0.25, -0.2) is 0 Å². The molecule has 6 nitrogen and oxygen atoms in total. The molecule has 1 aliphatic heterocycles. The molecule has 5 rings (SSSR count). The lowest BCUT2D eigenvalue weighted by Crippen LogP contribution is -2.52. The van der Waals surface area contributed by atoms with Crippen LogP contribution in [0.3, 0.4) is 0 Å². The van der Waals surface area contributed by atoms with Crippen molar-refractivity contribution in [3.05, 3.63) is 83.6 Å². The van der Waals surface area contributed by atoms with E-state index in [4.69, 9.17) is 0 Å². The maximum absolute atomic E-state index is 14.3. The van der Waals surface area contributed by atoms with Gasteiger partial charge in [-0.2, -0.15) is 0 Å². The average molecular weight is 541 g/mol. The van der Waals surface area contributed by atoms with Crippen LogP contribution in [0.2, 0.25) is 0 Å². The number of fused-ring (bicyclic) bond motifs is 1. The normalized spacial score (nSPS) is 36.6. The fourth-order valence-electron chi connectivity index (χ4n) is 7.54. The molecule has 8 atom stereocenters. The van der Waals surface area contributed by atoms with Crippen molar-refractivity contribution in [3.8, 4) is 0 Å². The summed E-state index contributed by atoms with van der Waals surface area (Å²) in [5, 5.41) is 15.0. The Bertz CT molecular complexity index is 1460. The number of benzene rings is 1. The molecule has 1 spiro atoms. The Morgan fingerprint density at radius 1 is 1.07 bits per heavy atom. The number of allylic oxidation sites excluding steroid dienone is 6. The number of amides is 1. The zero-order valence-corrected chi connectivity index (χ0v) is 24.0. The van der Waals surface area contributed by atoms with E-state index >= 15 is 0 Å². The highest BCUT2D eigenvalue weighted by atomic mass is 16.3. The van der Waals surface area contributed by atoms with Crippen LogP contribution in [0, 0.1) is 29.1 Å². The maximum atomic E-state index is 14.3. The molecule has 3 N–H and O–H groups in total. The number of aromatic amines is 1. The van der Waals surface area contributed by atoms with Gasteiger partial charge in [-0.3, -0.25) is 14.4 Å². The van der Waals surface area contributed by atoms with Crippen LogP contribution in [0.15, 0.2) is 78.1 Å². The van der Waals surface area contributed by atoms with Crippen LogP contribution in [0.4, 0.5) is 0 Å². The smallest absolute Gasteiger partial charge is 0.235 e. The molecular formula is C34H40N2O4. The number of hydrogen-bond acceptors (Lipinski definition) is 4. The molecule has 3 aliphatic rings. The van der Waals surface area contributed by atoms with Gasteiger partial charge in [0.05, 0.1) is 0 Å². The van der Waals surface area contributed by atoms with Gasteiger partial charge >= 0.3 is 0 Å². The van der Waals surface area contributed by atoms with Crippen molar-refractivity contribution < 1.29 is 19.5 Å². The Morgan fingerprint density at radius 2 is 1.82 bits per heavy atom. The number of aromatic nitrogens is 1. The number of para-hydroxylation sites is 1. The Kier molecular flexibility index (Phi) is 7.58. The van der Waals surface area contributed by atoms with Crippen LogP contribution in [-0.2, 0) is 14.4 Å². The number of carbonyl (C=O) groups excluding carboxylic acids is 3. The van der Waals surface area contributed by atoms with Crippen LogP contribution < -0.4 is 5.32 Å². The molecule has 1 aromatic heterocycles. The highest BCUT2D eigenvalue weighted by Crippen LogP contribution is 2.57. The Balaban J connectivity index is 1.67. The molecule has 1 amide bonds. The predicted octanol–water partition coefficient (Wildman–Crippen LogP) is 5.57. The van der Waals surface area contributed by atoms with Crippen molar-refractivity contribution >= 4 is 28.4 Å². The van der Waals surface area contributed by atoms with Crippen LogP contribution in [0.5, 0.6) is 0 Å². The number of H-pyrrole nitrogens is 1. The molecule has 1 fully saturated rings. The van der Waals surface area contributed by atoms with Gasteiger partial charge in [0.1, 0.15) is 11.5 Å². The summed E-state index contributed by atoms with van der Waals surface area (Å²) >= 11 is 0. The van der Waals surface area contributed by atoms with Crippen LogP contribution >= 0.6 is 0 Å². The van der Waals surface area contributed by atoms with Crippen LogP contribution in [0.25, 0.3) is 10.9 Å². The van der Waals surface area contributed by atoms with E-state index in [1.807, 2.05) is 49.5 Å². The lowest BCUT2D eigenvalue weighted by Gasteiger charge is -2.46. The summed E-state index contributed by atoms with van der Waals surface area (Å²) in [6, 6.07) is 7.84. The standard InChI is InChI=1S/C34H40N2O4/c1-6-24-20(3)17-23-11-9-10-19(2)16-21(4)32(39)28(37)14-15-29(38)34(23)30(24)31(36-33(34)40)22(5)26-18-35-27-13-8-7-12-25(26)27/h7-9,11-19,22-24,30-32,35,39H,6,10H2,1-5H3,(H,36,40)/b11-9-,15-14-,21-16+/t19-,22+,23-,24+,30-,31-,32+,34+/m0/s1. The van der Waals surface area contributed by atoms with Crippen LogP contribution in [0.1, 0.15) is 58.9 Å². The number of carbonyl (C=O) groups is 3. The van der Waals surface area contributed by atoms with E-state index < -0.39 is 23.2 Å². The molecule has 1 saturated heterocycles. The maximum Gasteiger partial charge on any atom is 0.235 e. The molecule has 2 aliphatic carbocycles. The van der Waals surface area contributed by atoms with Crippen LogP contribution in [-0.4, -0.2) is 39.7 Å². The molecule has 1 aromatic carbocycles. The summed E-state index contributed by atoms with van der Waals surface area (Å²) in [6.45, 7) is 10.1. The van der Waals surface area contributed by atoms with E-state index in [-0.39, 0.29) is 41.4 Å². The number of ketones is 2. The SMILES string of the molecule is CC[C@@H]1C(C)=C[C@@H]2/C=C\C[C@H](C)/C=C(\C)[C@@H](O)C(=O)/C=C\C(=O)[C@]23C(=O)N[C@@H]([C@H](C)c2c[nH]c4ccccc24)[C@H]13. The first kappa shape index (κ1) is 28.0. The van der Waals surface area contributed by atoms with Gasteiger partial charge in [0.25, 0.3) is 0 Å². The van der Waals surface area contributed by atoms with Gasteiger partial charge in [0.2, 0.25) is 5.91 Å². The number of aliphatic hydroxyl groups excluding tert-OH is 1. The molecule has 2 aromatic rings. The van der Waals surface area contributed by atoms with E-state index in [2.05, 4.69) is 43.2 Å². The minimum atomic E-state index is -1.39. The zero-order chi connectivity index (χ0) is 28.8. The third-order valence-electron chi connectivity index (χ3n) is 9.57. The molecule has 40 heavy (non-hydrogen) atoms. The van der Waals surface area contributed by atoms with Crippen molar-refractivity contribution in [3.63, 3.8) is 0 Å². The minimum Gasteiger partial charge on any atom is -0.381 e. The zero-order valence-electron chi connectivity index (χ0n) is 24.0. The van der Waals surface area contributed by atoms with Gasteiger partial charge in [-0.1, -0.05) is 68.8 Å². The second-order valence-electron chi connectivity index (χ2n) is 12.0. The molecule has 210 valence electrons. The number of aliphatic hydroxyl groups is 1. The van der Waals surface area contributed by atoms with Crippen molar-refractivity contribution in [2.75, 3.05) is 0 Å². The average Bonchev–Trinajstić information content (AvgIpc) is 3.50. The van der Waals surface area contributed by atoms with Gasteiger partial charge in [0.15, 0.2) is 11.6 Å². The number of hydrogen-bond donors (Lipinski definition) is 3. The number of rotatable bonds is 3. The van der Waals surface area contributed by atoms with E-state index in [1.54, 1.807) is 6.92 Å². The van der Waals surface area contributed by atoms with Gasteiger partial charge < -0.3 is 15.4 Å². The quantitative estimate of drug-likeness (QED) is 0.350. The lowest BCUT2D eigenvalue weighted by molar-refractivity contribution is -0.142. The highest BCUT2D eigenvalue weighted by molar-refractivity contribution is 6.15. The fraction of sp³-hybridized carbons (Fsp3) is 0.441. The fourth-order valence-corrected chi connectivity index (χ4v) is 7.54. The first-order chi connectivity index (χ1) is 19.1. The van der Waals surface area contributed by atoms with Crippen molar-refractivity contribution in [1.29, 1.82) is 0 Å². The molecule has 2 heterocycles. The van der Waals surface area contributed by atoms with Gasteiger partial charge in [-0.05, 0) is 67.9 Å². The van der Waals surface area contributed by atoms with E-state index in [0.717, 1.165) is 29.0 Å². The summed E-state index contributed by atoms with van der Waals surface area (Å²) in [5.74, 6) is -1.95. The molecule has 0 bridgehead atoms. The van der Waals surface area contributed by atoms with E-state index in [1.165, 1.54) is 11.6 Å². The van der Waals surface area contributed by atoms with Crippen molar-refractivity contribution in [2.24, 2.45) is 29.1 Å². The third kappa shape index (κ3) is 4.43. The molecule has 0 saturated carbocycles. The molecule has 6 heteroatoms. The Morgan fingerprint density at radius 3 is 2.58 bits per heavy atom. The first-order valence-corrected chi connectivity index (χ1v) is 14.5. The first-order valence-electron chi connectivity index (χ1n) is 14.5. The summed E-state index contributed by atoms with van der Waals surface area (Å²) < 4.78 is 0. The number of nitrogens with one attached hydrogen (secondary N) is 2.